The maximum absolute atomic E-state index is 6.01. The SMILES string of the molecule is CC(NCCOc1ccccc1)c1ccc(Cl)c(Cl)c1. The van der Waals surface area contributed by atoms with E-state index in [1.165, 1.54) is 0 Å². The van der Waals surface area contributed by atoms with E-state index < -0.39 is 0 Å². The quantitative estimate of drug-likeness (QED) is 0.779. The molecule has 0 radical (unpaired) electrons. The van der Waals surface area contributed by atoms with Crippen molar-refractivity contribution in [2.45, 2.75) is 13.0 Å². The highest BCUT2D eigenvalue weighted by molar-refractivity contribution is 6.42. The Bertz CT molecular complexity index is 545. The molecule has 0 aromatic heterocycles. The van der Waals surface area contributed by atoms with Crippen LogP contribution in [0.25, 0.3) is 0 Å². The van der Waals surface area contributed by atoms with E-state index in [1.54, 1.807) is 0 Å². The van der Waals surface area contributed by atoms with Crippen LogP contribution in [0.5, 0.6) is 5.75 Å². The Labute approximate surface area is 129 Å². The number of rotatable bonds is 6. The summed E-state index contributed by atoms with van der Waals surface area (Å²) in [4.78, 5) is 0. The van der Waals surface area contributed by atoms with Crippen molar-refractivity contribution >= 4 is 23.2 Å². The minimum atomic E-state index is 0.198. The minimum Gasteiger partial charge on any atom is -0.492 e. The van der Waals surface area contributed by atoms with E-state index in [1.807, 2.05) is 48.5 Å². The topological polar surface area (TPSA) is 21.3 Å². The summed E-state index contributed by atoms with van der Waals surface area (Å²) in [6.45, 7) is 3.47. The summed E-state index contributed by atoms with van der Waals surface area (Å²) >= 11 is 11.9. The molecule has 0 aliphatic rings. The number of hydrogen-bond donors (Lipinski definition) is 1. The number of halogens is 2. The molecule has 20 heavy (non-hydrogen) atoms. The van der Waals surface area contributed by atoms with Crippen molar-refractivity contribution in [3.8, 4) is 5.75 Å². The highest BCUT2D eigenvalue weighted by Crippen LogP contribution is 2.25. The summed E-state index contributed by atoms with van der Waals surface area (Å²) in [6, 6.07) is 15.7. The van der Waals surface area contributed by atoms with Gasteiger partial charge in [-0.05, 0) is 36.8 Å². The number of ether oxygens (including phenoxy) is 1. The molecular formula is C16H17Cl2NO. The maximum atomic E-state index is 6.01. The van der Waals surface area contributed by atoms with Gasteiger partial charge in [0.2, 0.25) is 0 Å². The second-order valence-corrected chi connectivity index (χ2v) is 5.33. The van der Waals surface area contributed by atoms with Crippen LogP contribution in [0.3, 0.4) is 0 Å². The lowest BCUT2D eigenvalue weighted by molar-refractivity contribution is 0.307. The van der Waals surface area contributed by atoms with Crippen molar-refractivity contribution in [3.63, 3.8) is 0 Å². The van der Waals surface area contributed by atoms with Crippen LogP contribution < -0.4 is 10.1 Å². The minimum absolute atomic E-state index is 0.198. The Hall–Kier alpha value is -1.22. The highest BCUT2D eigenvalue weighted by Gasteiger charge is 2.06. The van der Waals surface area contributed by atoms with Gasteiger partial charge in [-0.15, -0.1) is 0 Å². The Morgan fingerprint density at radius 2 is 1.80 bits per heavy atom. The Kier molecular flexibility index (Phi) is 5.72. The van der Waals surface area contributed by atoms with Gasteiger partial charge in [-0.3, -0.25) is 0 Å². The summed E-state index contributed by atoms with van der Waals surface area (Å²) in [6.07, 6.45) is 0. The average Bonchev–Trinajstić information content (AvgIpc) is 2.47. The van der Waals surface area contributed by atoms with Gasteiger partial charge in [0.1, 0.15) is 12.4 Å². The summed E-state index contributed by atoms with van der Waals surface area (Å²) in [5.41, 5.74) is 1.11. The molecule has 2 aromatic rings. The second kappa shape index (κ2) is 7.53. The Balaban J connectivity index is 1.77. The van der Waals surface area contributed by atoms with Gasteiger partial charge in [-0.25, -0.2) is 0 Å². The van der Waals surface area contributed by atoms with Crippen molar-refractivity contribution in [1.82, 2.24) is 5.32 Å². The van der Waals surface area contributed by atoms with Gasteiger partial charge in [-0.2, -0.15) is 0 Å². The molecule has 2 nitrogen and oxygen atoms in total. The van der Waals surface area contributed by atoms with Gasteiger partial charge in [0.25, 0.3) is 0 Å². The van der Waals surface area contributed by atoms with Crippen LogP contribution in [0.15, 0.2) is 48.5 Å². The van der Waals surface area contributed by atoms with Gasteiger partial charge < -0.3 is 10.1 Å². The second-order valence-electron chi connectivity index (χ2n) is 4.51. The molecule has 2 rings (SSSR count). The molecule has 0 heterocycles. The molecule has 0 bridgehead atoms. The van der Waals surface area contributed by atoms with Gasteiger partial charge in [0.15, 0.2) is 0 Å². The van der Waals surface area contributed by atoms with Crippen molar-refractivity contribution < 1.29 is 4.74 Å². The third-order valence-electron chi connectivity index (χ3n) is 3.01. The zero-order valence-electron chi connectivity index (χ0n) is 11.3. The third-order valence-corrected chi connectivity index (χ3v) is 3.75. The van der Waals surface area contributed by atoms with E-state index in [4.69, 9.17) is 27.9 Å². The summed E-state index contributed by atoms with van der Waals surface area (Å²) < 4.78 is 5.63. The summed E-state index contributed by atoms with van der Waals surface area (Å²) in [7, 11) is 0. The van der Waals surface area contributed by atoms with E-state index in [-0.39, 0.29) is 6.04 Å². The molecule has 0 saturated heterocycles. The van der Waals surface area contributed by atoms with Crippen LogP contribution in [0.2, 0.25) is 10.0 Å². The molecule has 0 saturated carbocycles. The first-order valence-corrected chi connectivity index (χ1v) is 7.28. The molecule has 106 valence electrons. The Morgan fingerprint density at radius 1 is 1.05 bits per heavy atom. The smallest absolute Gasteiger partial charge is 0.119 e. The number of hydrogen-bond acceptors (Lipinski definition) is 2. The van der Waals surface area contributed by atoms with Crippen molar-refractivity contribution in [1.29, 1.82) is 0 Å². The molecule has 0 spiro atoms. The van der Waals surface area contributed by atoms with Crippen LogP contribution in [0, 0.1) is 0 Å². The van der Waals surface area contributed by atoms with Crippen molar-refractivity contribution in [2.75, 3.05) is 13.2 Å². The first-order valence-electron chi connectivity index (χ1n) is 6.53. The maximum Gasteiger partial charge on any atom is 0.119 e. The lowest BCUT2D eigenvalue weighted by Gasteiger charge is -2.15. The molecular weight excluding hydrogens is 293 g/mol. The fourth-order valence-corrected chi connectivity index (χ4v) is 2.17. The monoisotopic (exact) mass is 309 g/mol. The fraction of sp³-hybridized carbons (Fsp3) is 0.250. The molecule has 1 atom stereocenters. The van der Waals surface area contributed by atoms with E-state index in [9.17, 15) is 0 Å². The molecule has 2 aromatic carbocycles. The molecule has 4 heteroatoms. The van der Waals surface area contributed by atoms with Gasteiger partial charge in [0, 0.05) is 12.6 Å². The van der Waals surface area contributed by atoms with Gasteiger partial charge in [-0.1, -0.05) is 47.5 Å². The summed E-state index contributed by atoms with van der Waals surface area (Å²) in [5, 5.41) is 4.55. The van der Waals surface area contributed by atoms with Crippen molar-refractivity contribution in [3.05, 3.63) is 64.1 Å². The standard InChI is InChI=1S/C16H17Cl2NO/c1-12(13-7-8-15(17)16(18)11-13)19-9-10-20-14-5-3-2-4-6-14/h2-8,11-12,19H,9-10H2,1H3. The molecule has 1 unspecified atom stereocenters. The summed E-state index contributed by atoms with van der Waals surface area (Å²) in [5.74, 6) is 0.886. The lowest BCUT2D eigenvalue weighted by Crippen LogP contribution is -2.24. The predicted octanol–water partition coefficient (Wildman–Crippen LogP) is 4.72. The zero-order valence-corrected chi connectivity index (χ0v) is 12.8. The largest absolute Gasteiger partial charge is 0.492 e. The predicted molar refractivity (Wildman–Crippen MR) is 84.8 cm³/mol. The molecule has 0 aliphatic heterocycles. The Morgan fingerprint density at radius 3 is 2.50 bits per heavy atom. The molecule has 0 amide bonds. The van der Waals surface area contributed by atoms with E-state index in [0.29, 0.717) is 16.7 Å². The van der Waals surface area contributed by atoms with E-state index >= 15 is 0 Å². The molecule has 0 fully saturated rings. The van der Waals surface area contributed by atoms with Crippen LogP contribution >= 0.6 is 23.2 Å². The van der Waals surface area contributed by atoms with E-state index in [0.717, 1.165) is 17.9 Å². The zero-order chi connectivity index (χ0) is 14.4. The number of benzene rings is 2. The van der Waals surface area contributed by atoms with Crippen molar-refractivity contribution in [2.24, 2.45) is 0 Å². The first kappa shape index (κ1) is 15.2. The van der Waals surface area contributed by atoms with Gasteiger partial charge in [0.05, 0.1) is 10.0 Å². The molecule has 0 aliphatic carbocycles. The van der Waals surface area contributed by atoms with Crippen LogP contribution in [0.4, 0.5) is 0 Å². The normalized spacial score (nSPS) is 12.2. The fourth-order valence-electron chi connectivity index (χ4n) is 1.86. The highest BCUT2D eigenvalue weighted by atomic mass is 35.5. The third kappa shape index (κ3) is 4.41. The van der Waals surface area contributed by atoms with Crippen LogP contribution in [0.1, 0.15) is 18.5 Å². The number of nitrogens with one attached hydrogen (secondary N) is 1. The van der Waals surface area contributed by atoms with Crippen LogP contribution in [-0.4, -0.2) is 13.2 Å². The van der Waals surface area contributed by atoms with E-state index in [2.05, 4.69) is 12.2 Å². The lowest BCUT2D eigenvalue weighted by atomic mass is 10.1. The van der Waals surface area contributed by atoms with Crippen LogP contribution in [-0.2, 0) is 0 Å². The van der Waals surface area contributed by atoms with Gasteiger partial charge >= 0.3 is 0 Å². The molecule has 1 N–H and O–H groups in total. The first-order chi connectivity index (χ1) is 9.66. The number of para-hydroxylation sites is 1. The average molecular weight is 310 g/mol.